The highest BCUT2D eigenvalue weighted by Gasteiger charge is 2.53. The molecule has 0 bridgehead atoms. The zero-order chi connectivity index (χ0) is 15.5. The molecule has 2 rings (SSSR count). The summed E-state index contributed by atoms with van der Waals surface area (Å²) in [6.07, 6.45) is 2.13. The molecule has 1 aliphatic carbocycles. The Bertz CT molecular complexity index is 568. The molecule has 1 aliphatic rings. The fourth-order valence-corrected chi connectivity index (χ4v) is 2.89. The molecule has 0 radical (unpaired) electrons. The number of esters is 1. The van der Waals surface area contributed by atoms with Crippen molar-refractivity contribution >= 4 is 11.8 Å². The molecule has 3 nitrogen and oxygen atoms in total. The standard InChI is InChI=1S/C18H20O3/c1-4-21-17(20)18(13(2)9-8-10-14(18)3)16(19)15-11-6-5-7-12-15/h5-7,11-12H,2-4,8-10H2,1H3. The van der Waals surface area contributed by atoms with Crippen LogP contribution in [0.3, 0.4) is 0 Å². The van der Waals surface area contributed by atoms with Crippen LogP contribution in [0.4, 0.5) is 0 Å². The first-order chi connectivity index (χ1) is 10.0. The molecule has 1 saturated carbocycles. The van der Waals surface area contributed by atoms with Gasteiger partial charge in [0.25, 0.3) is 0 Å². The van der Waals surface area contributed by atoms with Gasteiger partial charge in [-0.25, -0.2) is 0 Å². The van der Waals surface area contributed by atoms with Gasteiger partial charge in [-0.1, -0.05) is 43.5 Å². The van der Waals surface area contributed by atoms with E-state index in [4.69, 9.17) is 4.74 Å². The van der Waals surface area contributed by atoms with Gasteiger partial charge in [0.2, 0.25) is 0 Å². The van der Waals surface area contributed by atoms with E-state index in [0.717, 1.165) is 6.42 Å². The van der Waals surface area contributed by atoms with Gasteiger partial charge in [-0.05, 0) is 37.3 Å². The molecule has 0 aromatic heterocycles. The Balaban J connectivity index is 2.55. The van der Waals surface area contributed by atoms with Crippen LogP contribution in [0.1, 0.15) is 36.5 Å². The quantitative estimate of drug-likeness (QED) is 0.366. The third-order valence-electron chi connectivity index (χ3n) is 3.98. The third-order valence-corrected chi connectivity index (χ3v) is 3.98. The number of carbonyl (C=O) groups is 2. The molecule has 0 N–H and O–H groups in total. The summed E-state index contributed by atoms with van der Waals surface area (Å²) in [6.45, 7) is 9.93. The molecule has 1 aromatic carbocycles. The molecule has 0 aliphatic heterocycles. The van der Waals surface area contributed by atoms with Crippen molar-refractivity contribution in [1.29, 1.82) is 0 Å². The number of hydrogen-bond donors (Lipinski definition) is 0. The fraction of sp³-hybridized carbons (Fsp3) is 0.333. The Morgan fingerprint density at radius 3 is 2.24 bits per heavy atom. The number of benzene rings is 1. The zero-order valence-electron chi connectivity index (χ0n) is 12.4. The normalized spacial score (nSPS) is 17.4. The molecule has 1 fully saturated rings. The maximum Gasteiger partial charge on any atom is 0.328 e. The first-order valence-corrected chi connectivity index (χ1v) is 7.18. The minimum Gasteiger partial charge on any atom is -0.465 e. The second kappa shape index (κ2) is 6.08. The van der Waals surface area contributed by atoms with Crippen LogP contribution in [0, 0.1) is 5.41 Å². The largest absolute Gasteiger partial charge is 0.465 e. The van der Waals surface area contributed by atoms with Crippen molar-refractivity contribution in [2.45, 2.75) is 26.2 Å². The van der Waals surface area contributed by atoms with E-state index in [2.05, 4.69) is 13.2 Å². The van der Waals surface area contributed by atoms with Crippen LogP contribution in [0.25, 0.3) is 0 Å². The van der Waals surface area contributed by atoms with Crippen molar-refractivity contribution in [3.63, 3.8) is 0 Å². The van der Waals surface area contributed by atoms with E-state index < -0.39 is 11.4 Å². The molecule has 0 amide bonds. The number of carbonyl (C=O) groups excluding carboxylic acids is 2. The van der Waals surface area contributed by atoms with Gasteiger partial charge in [-0.15, -0.1) is 0 Å². The SMILES string of the molecule is C=C1CCCC(=C)C1(C(=O)OCC)C(=O)c1ccccc1. The number of hydrogen-bond acceptors (Lipinski definition) is 3. The van der Waals surface area contributed by atoms with Crippen LogP contribution in [-0.4, -0.2) is 18.4 Å². The first kappa shape index (κ1) is 15.2. The summed E-state index contributed by atoms with van der Waals surface area (Å²) in [7, 11) is 0. The van der Waals surface area contributed by atoms with E-state index in [1.807, 2.05) is 6.07 Å². The van der Waals surface area contributed by atoms with Crippen LogP contribution >= 0.6 is 0 Å². The van der Waals surface area contributed by atoms with Crippen molar-refractivity contribution in [2.75, 3.05) is 6.61 Å². The predicted octanol–water partition coefficient (Wildman–Crippen LogP) is 3.72. The summed E-state index contributed by atoms with van der Waals surface area (Å²) in [6, 6.07) is 8.80. The van der Waals surface area contributed by atoms with E-state index in [1.165, 1.54) is 0 Å². The monoisotopic (exact) mass is 284 g/mol. The van der Waals surface area contributed by atoms with Crippen molar-refractivity contribution in [3.05, 3.63) is 60.2 Å². The lowest BCUT2D eigenvalue weighted by molar-refractivity contribution is -0.149. The Labute approximate surface area is 125 Å². The van der Waals surface area contributed by atoms with Gasteiger partial charge in [0, 0.05) is 5.56 Å². The Kier molecular flexibility index (Phi) is 4.41. The summed E-state index contributed by atoms with van der Waals surface area (Å²) < 4.78 is 5.19. The molecule has 3 heteroatoms. The summed E-state index contributed by atoms with van der Waals surface area (Å²) in [5, 5.41) is 0. The van der Waals surface area contributed by atoms with E-state index in [1.54, 1.807) is 31.2 Å². The van der Waals surface area contributed by atoms with Gasteiger partial charge >= 0.3 is 5.97 Å². The van der Waals surface area contributed by atoms with Gasteiger partial charge in [0.05, 0.1) is 6.61 Å². The molecule has 110 valence electrons. The van der Waals surface area contributed by atoms with E-state index >= 15 is 0 Å². The highest BCUT2D eigenvalue weighted by molar-refractivity contribution is 6.17. The van der Waals surface area contributed by atoms with Crippen LogP contribution in [0.2, 0.25) is 0 Å². The van der Waals surface area contributed by atoms with Crippen LogP contribution in [-0.2, 0) is 9.53 Å². The summed E-state index contributed by atoms with van der Waals surface area (Å²) in [5.41, 5.74) is 0.238. The van der Waals surface area contributed by atoms with Gasteiger partial charge in [0.15, 0.2) is 11.2 Å². The van der Waals surface area contributed by atoms with Crippen molar-refractivity contribution < 1.29 is 14.3 Å². The Hall–Kier alpha value is -2.16. The van der Waals surface area contributed by atoms with Gasteiger partial charge < -0.3 is 4.74 Å². The van der Waals surface area contributed by atoms with E-state index in [-0.39, 0.29) is 12.4 Å². The van der Waals surface area contributed by atoms with Gasteiger partial charge in [-0.2, -0.15) is 0 Å². The maximum absolute atomic E-state index is 13.0. The zero-order valence-corrected chi connectivity index (χ0v) is 12.4. The number of rotatable bonds is 4. The van der Waals surface area contributed by atoms with E-state index in [0.29, 0.717) is 29.6 Å². The minimum atomic E-state index is -1.42. The van der Waals surface area contributed by atoms with Crippen molar-refractivity contribution in [1.82, 2.24) is 0 Å². The lowest BCUT2D eigenvalue weighted by atomic mass is 9.64. The summed E-state index contributed by atoms with van der Waals surface area (Å²) in [4.78, 5) is 25.6. The maximum atomic E-state index is 13.0. The fourth-order valence-electron chi connectivity index (χ4n) is 2.89. The topological polar surface area (TPSA) is 43.4 Å². The molecule has 21 heavy (non-hydrogen) atoms. The lowest BCUT2D eigenvalue weighted by Crippen LogP contribution is -2.45. The average Bonchev–Trinajstić information content (AvgIpc) is 2.48. The molecular weight excluding hydrogens is 264 g/mol. The van der Waals surface area contributed by atoms with Gasteiger partial charge in [0.1, 0.15) is 0 Å². The predicted molar refractivity (Wildman–Crippen MR) is 82.0 cm³/mol. The van der Waals surface area contributed by atoms with Crippen LogP contribution in [0.5, 0.6) is 0 Å². The second-order valence-corrected chi connectivity index (χ2v) is 5.23. The highest BCUT2D eigenvalue weighted by Crippen LogP contribution is 2.46. The van der Waals surface area contributed by atoms with Crippen LogP contribution < -0.4 is 0 Å². The molecule has 0 heterocycles. The molecular formula is C18H20O3. The first-order valence-electron chi connectivity index (χ1n) is 7.18. The van der Waals surface area contributed by atoms with Crippen molar-refractivity contribution in [3.8, 4) is 0 Å². The Morgan fingerprint density at radius 1 is 1.14 bits per heavy atom. The van der Waals surface area contributed by atoms with E-state index in [9.17, 15) is 9.59 Å². The van der Waals surface area contributed by atoms with Crippen LogP contribution in [0.15, 0.2) is 54.6 Å². The average molecular weight is 284 g/mol. The van der Waals surface area contributed by atoms with Crippen molar-refractivity contribution in [2.24, 2.45) is 5.41 Å². The molecule has 0 unspecified atom stereocenters. The summed E-state index contributed by atoms with van der Waals surface area (Å²) in [5.74, 6) is -0.829. The highest BCUT2D eigenvalue weighted by atomic mass is 16.5. The molecule has 0 atom stereocenters. The van der Waals surface area contributed by atoms with Gasteiger partial charge in [-0.3, -0.25) is 9.59 Å². The lowest BCUT2D eigenvalue weighted by Gasteiger charge is -2.37. The number of ether oxygens (including phenoxy) is 1. The third kappa shape index (κ3) is 2.44. The molecule has 0 saturated heterocycles. The number of ketones is 1. The molecule has 1 aromatic rings. The second-order valence-electron chi connectivity index (χ2n) is 5.23. The number of Topliss-reactive ketones (excluding diaryl/α,β-unsaturated/α-hetero) is 1. The smallest absolute Gasteiger partial charge is 0.328 e. The minimum absolute atomic E-state index is 0.225. The summed E-state index contributed by atoms with van der Waals surface area (Å²) >= 11 is 0. The molecule has 0 spiro atoms. The Morgan fingerprint density at radius 2 is 1.71 bits per heavy atom.